The molecule has 1 aromatic carbocycles. The van der Waals surface area contributed by atoms with Crippen molar-refractivity contribution in [2.75, 3.05) is 16.8 Å². The van der Waals surface area contributed by atoms with Gasteiger partial charge in [0.15, 0.2) is 0 Å². The molecular formula is C13H18FNOS. The summed E-state index contributed by atoms with van der Waals surface area (Å²) in [6.07, 6.45) is 1.09. The summed E-state index contributed by atoms with van der Waals surface area (Å²) in [6.45, 7) is 4.31. The number of halogens is 1. The normalized spacial score (nSPS) is 10.6. The Morgan fingerprint density at radius 2 is 2.12 bits per heavy atom. The van der Waals surface area contributed by atoms with Gasteiger partial charge in [0.05, 0.1) is 11.4 Å². The molecule has 0 aromatic heterocycles. The van der Waals surface area contributed by atoms with Crippen LogP contribution in [0.3, 0.4) is 0 Å². The summed E-state index contributed by atoms with van der Waals surface area (Å²) < 4.78 is 13.2. The van der Waals surface area contributed by atoms with Crippen molar-refractivity contribution in [2.45, 2.75) is 20.3 Å². The minimum absolute atomic E-state index is 0.149. The zero-order valence-corrected chi connectivity index (χ0v) is 11.0. The van der Waals surface area contributed by atoms with Gasteiger partial charge < -0.3 is 5.32 Å². The van der Waals surface area contributed by atoms with Crippen LogP contribution in [0, 0.1) is 11.7 Å². The first-order valence-corrected chi connectivity index (χ1v) is 6.87. The molecule has 1 rings (SSSR count). The average molecular weight is 255 g/mol. The maximum Gasteiger partial charge on any atom is 0.234 e. The molecule has 0 bridgehead atoms. The van der Waals surface area contributed by atoms with E-state index >= 15 is 0 Å². The molecule has 2 nitrogen and oxygen atoms in total. The lowest BCUT2D eigenvalue weighted by Gasteiger charge is -2.06. The van der Waals surface area contributed by atoms with Crippen molar-refractivity contribution in [1.29, 1.82) is 0 Å². The maximum absolute atomic E-state index is 13.2. The first kappa shape index (κ1) is 14.0. The Balaban J connectivity index is 2.28. The number of carbonyl (C=O) groups excluding carboxylic acids is 1. The van der Waals surface area contributed by atoms with Crippen LogP contribution in [-0.4, -0.2) is 17.4 Å². The zero-order valence-electron chi connectivity index (χ0n) is 10.2. The van der Waals surface area contributed by atoms with E-state index in [0.717, 1.165) is 12.2 Å². The summed E-state index contributed by atoms with van der Waals surface area (Å²) in [7, 11) is 0. The van der Waals surface area contributed by atoms with Crippen molar-refractivity contribution >= 4 is 23.4 Å². The number of hydrogen-bond donors (Lipinski definition) is 1. The van der Waals surface area contributed by atoms with Gasteiger partial charge >= 0.3 is 0 Å². The number of hydrogen-bond acceptors (Lipinski definition) is 2. The van der Waals surface area contributed by atoms with Crippen LogP contribution in [0.5, 0.6) is 0 Å². The van der Waals surface area contributed by atoms with Crippen LogP contribution in [0.4, 0.5) is 10.1 Å². The largest absolute Gasteiger partial charge is 0.323 e. The van der Waals surface area contributed by atoms with Gasteiger partial charge in [0.2, 0.25) is 5.91 Å². The Morgan fingerprint density at radius 1 is 1.41 bits per heavy atom. The number of rotatable bonds is 6. The third-order valence-electron chi connectivity index (χ3n) is 2.22. The highest BCUT2D eigenvalue weighted by atomic mass is 32.2. The molecule has 0 aliphatic rings. The molecule has 1 aromatic rings. The average Bonchev–Trinajstić information content (AvgIpc) is 2.27. The number of amides is 1. The predicted molar refractivity (Wildman–Crippen MR) is 71.8 cm³/mol. The molecule has 1 amide bonds. The summed E-state index contributed by atoms with van der Waals surface area (Å²) in [5.41, 5.74) is 0.252. The molecule has 0 unspecified atom stereocenters. The molecule has 0 atom stereocenters. The summed E-state index contributed by atoms with van der Waals surface area (Å²) >= 11 is 1.58. The third kappa shape index (κ3) is 5.73. The molecule has 1 N–H and O–H groups in total. The monoisotopic (exact) mass is 255 g/mol. The van der Waals surface area contributed by atoms with Gasteiger partial charge in [0.1, 0.15) is 5.82 Å². The number of carbonyl (C=O) groups is 1. The van der Waals surface area contributed by atoms with Crippen molar-refractivity contribution in [3.05, 3.63) is 30.1 Å². The first-order valence-electron chi connectivity index (χ1n) is 5.71. The minimum atomic E-state index is -0.395. The highest BCUT2D eigenvalue weighted by molar-refractivity contribution is 7.99. The fraction of sp³-hybridized carbons (Fsp3) is 0.462. The van der Waals surface area contributed by atoms with Crippen LogP contribution in [-0.2, 0) is 4.79 Å². The lowest BCUT2D eigenvalue weighted by molar-refractivity contribution is -0.113. The second-order valence-electron chi connectivity index (χ2n) is 4.26. The van der Waals surface area contributed by atoms with E-state index in [9.17, 15) is 9.18 Å². The van der Waals surface area contributed by atoms with Gasteiger partial charge in [-0.05, 0) is 30.2 Å². The standard InChI is InChI=1S/C13H18FNOS/c1-10(2)7-8-17-9-13(16)15-12-6-4-3-5-11(12)14/h3-6,10H,7-9H2,1-2H3,(H,15,16). The number of nitrogens with one attached hydrogen (secondary N) is 1. The minimum Gasteiger partial charge on any atom is -0.323 e. The van der Waals surface area contributed by atoms with Crippen molar-refractivity contribution in [2.24, 2.45) is 5.92 Å². The topological polar surface area (TPSA) is 29.1 Å². The van der Waals surface area contributed by atoms with Gasteiger partial charge in [-0.2, -0.15) is 11.8 Å². The van der Waals surface area contributed by atoms with E-state index in [0.29, 0.717) is 11.7 Å². The van der Waals surface area contributed by atoms with E-state index in [1.807, 2.05) is 0 Å². The number of thioether (sulfide) groups is 1. The van der Waals surface area contributed by atoms with E-state index in [2.05, 4.69) is 19.2 Å². The smallest absolute Gasteiger partial charge is 0.234 e. The van der Waals surface area contributed by atoms with Crippen molar-refractivity contribution in [3.63, 3.8) is 0 Å². The molecule has 0 aliphatic carbocycles. The van der Waals surface area contributed by atoms with Gasteiger partial charge in [-0.25, -0.2) is 4.39 Å². The van der Waals surface area contributed by atoms with Gasteiger partial charge in [0.25, 0.3) is 0 Å². The first-order chi connectivity index (χ1) is 8.09. The Labute approximate surface area is 106 Å². The van der Waals surface area contributed by atoms with Crippen molar-refractivity contribution < 1.29 is 9.18 Å². The lowest BCUT2D eigenvalue weighted by Crippen LogP contribution is -2.15. The van der Waals surface area contributed by atoms with Gasteiger partial charge in [-0.3, -0.25) is 4.79 Å². The van der Waals surface area contributed by atoms with Crippen molar-refractivity contribution in [1.82, 2.24) is 0 Å². The van der Waals surface area contributed by atoms with E-state index in [4.69, 9.17) is 0 Å². The molecule has 0 saturated heterocycles. The van der Waals surface area contributed by atoms with Gasteiger partial charge in [-0.1, -0.05) is 26.0 Å². The van der Waals surface area contributed by atoms with Gasteiger partial charge in [-0.15, -0.1) is 0 Å². The maximum atomic E-state index is 13.2. The Morgan fingerprint density at radius 3 is 2.76 bits per heavy atom. The lowest BCUT2D eigenvalue weighted by atomic mass is 10.2. The Hall–Kier alpha value is -1.03. The summed E-state index contributed by atoms with van der Waals surface area (Å²) in [5, 5.41) is 2.56. The van der Waals surface area contributed by atoms with Crippen LogP contribution in [0.2, 0.25) is 0 Å². The molecule has 0 heterocycles. The van der Waals surface area contributed by atoms with E-state index in [-0.39, 0.29) is 11.6 Å². The highest BCUT2D eigenvalue weighted by Gasteiger charge is 2.06. The van der Waals surface area contributed by atoms with Crippen LogP contribution < -0.4 is 5.32 Å². The van der Waals surface area contributed by atoms with Crippen LogP contribution in [0.1, 0.15) is 20.3 Å². The fourth-order valence-electron chi connectivity index (χ4n) is 1.23. The molecule has 94 valence electrons. The number of para-hydroxylation sites is 1. The van der Waals surface area contributed by atoms with E-state index < -0.39 is 5.82 Å². The number of benzene rings is 1. The Bertz CT molecular complexity index is 368. The summed E-state index contributed by atoms with van der Waals surface area (Å²) in [4.78, 5) is 11.5. The van der Waals surface area contributed by atoms with Crippen LogP contribution >= 0.6 is 11.8 Å². The second kappa shape index (κ2) is 7.33. The highest BCUT2D eigenvalue weighted by Crippen LogP contribution is 2.14. The second-order valence-corrected chi connectivity index (χ2v) is 5.37. The van der Waals surface area contributed by atoms with E-state index in [1.54, 1.807) is 30.0 Å². The number of anilines is 1. The van der Waals surface area contributed by atoms with E-state index in [1.165, 1.54) is 6.07 Å². The summed E-state index contributed by atoms with van der Waals surface area (Å²) in [6, 6.07) is 6.19. The molecule has 0 spiro atoms. The van der Waals surface area contributed by atoms with Gasteiger partial charge in [0, 0.05) is 0 Å². The van der Waals surface area contributed by atoms with Crippen LogP contribution in [0.25, 0.3) is 0 Å². The summed E-state index contributed by atoms with van der Waals surface area (Å²) in [5.74, 6) is 1.44. The molecular weight excluding hydrogens is 237 g/mol. The SMILES string of the molecule is CC(C)CCSCC(=O)Nc1ccccc1F. The molecule has 0 saturated carbocycles. The predicted octanol–water partition coefficient (Wildman–Crippen LogP) is 3.54. The molecule has 0 aliphatic heterocycles. The molecule has 17 heavy (non-hydrogen) atoms. The third-order valence-corrected chi connectivity index (χ3v) is 3.21. The molecule has 0 radical (unpaired) electrons. The Kier molecular flexibility index (Phi) is 6.05. The quantitative estimate of drug-likeness (QED) is 0.788. The molecule has 0 fully saturated rings. The zero-order chi connectivity index (χ0) is 12.7. The fourth-order valence-corrected chi connectivity index (χ4v) is 2.27. The van der Waals surface area contributed by atoms with Crippen molar-refractivity contribution in [3.8, 4) is 0 Å². The van der Waals surface area contributed by atoms with Crippen LogP contribution in [0.15, 0.2) is 24.3 Å². The molecule has 4 heteroatoms.